The van der Waals surface area contributed by atoms with Gasteiger partial charge in [-0.1, -0.05) is 12.1 Å². The molecule has 0 unspecified atom stereocenters. The number of esters is 1. The van der Waals surface area contributed by atoms with Gasteiger partial charge in [-0.2, -0.15) is 0 Å². The number of nitrogens with zero attached hydrogens (tertiary/aromatic N) is 1. The van der Waals surface area contributed by atoms with Gasteiger partial charge in [-0.15, -0.1) is 0 Å². The highest BCUT2D eigenvalue weighted by Crippen LogP contribution is 2.32. The average molecular weight is 276 g/mol. The molecule has 0 spiro atoms. The van der Waals surface area contributed by atoms with E-state index in [0.717, 1.165) is 13.0 Å². The van der Waals surface area contributed by atoms with E-state index in [1.807, 2.05) is 21.0 Å². The molecule has 1 heterocycles. The van der Waals surface area contributed by atoms with E-state index in [4.69, 9.17) is 4.74 Å². The second kappa shape index (κ2) is 6.75. The summed E-state index contributed by atoms with van der Waals surface area (Å²) in [7, 11) is 4.06. The molecule has 1 N–H and O–H groups in total. The molecule has 2 atom stereocenters. The van der Waals surface area contributed by atoms with Crippen molar-refractivity contribution >= 4 is 11.7 Å². The topological polar surface area (TPSA) is 41.6 Å². The van der Waals surface area contributed by atoms with Crippen LogP contribution in [-0.4, -0.2) is 39.8 Å². The molecule has 2 rings (SSSR count). The highest BCUT2D eigenvalue weighted by molar-refractivity contribution is 5.74. The molecule has 1 aliphatic rings. The van der Waals surface area contributed by atoms with Gasteiger partial charge < -0.3 is 15.0 Å². The Hall–Kier alpha value is -1.55. The molecule has 1 aliphatic heterocycles. The van der Waals surface area contributed by atoms with E-state index in [2.05, 4.69) is 34.5 Å². The van der Waals surface area contributed by atoms with E-state index in [1.54, 1.807) is 0 Å². The van der Waals surface area contributed by atoms with Gasteiger partial charge in [-0.05, 0) is 43.5 Å². The highest BCUT2D eigenvalue weighted by Gasteiger charge is 2.32. The van der Waals surface area contributed by atoms with Crippen molar-refractivity contribution in [3.05, 3.63) is 29.8 Å². The van der Waals surface area contributed by atoms with Crippen molar-refractivity contribution in [2.45, 2.75) is 19.3 Å². The minimum absolute atomic E-state index is 0.0751. The third-order valence-electron chi connectivity index (χ3n) is 3.91. The maximum atomic E-state index is 12.1. The van der Waals surface area contributed by atoms with Gasteiger partial charge >= 0.3 is 5.97 Å². The normalized spacial score (nSPS) is 22.4. The van der Waals surface area contributed by atoms with Crippen molar-refractivity contribution in [2.75, 3.05) is 38.7 Å². The zero-order valence-corrected chi connectivity index (χ0v) is 12.6. The molecule has 0 aliphatic carbocycles. The molecule has 0 aromatic heterocycles. The summed E-state index contributed by atoms with van der Waals surface area (Å²) in [5.74, 6) is 0.0989. The Balaban J connectivity index is 2.16. The summed E-state index contributed by atoms with van der Waals surface area (Å²) >= 11 is 0. The van der Waals surface area contributed by atoms with Gasteiger partial charge in [-0.25, -0.2) is 0 Å². The van der Waals surface area contributed by atoms with Crippen LogP contribution in [-0.2, 0) is 9.53 Å². The standard InChI is InChI=1S/C16H24N2O2/c1-4-20-16(19)15-11-17-10-9-14(15)12-5-7-13(8-6-12)18(2)3/h5-8,14-15,17H,4,9-11H2,1-3H3/t14-,15-/m1/s1. The number of nitrogens with one attached hydrogen (secondary N) is 1. The van der Waals surface area contributed by atoms with Crippen LogP contribution >= 0.6 is 0 Å². The molecule has 110 valence electrons. The van der Waals surface area contributed by atoms with Crippen LogP contribution in [0.25, 0.3) is 0 Å². The Morgan fingerprint density at radius 2 is 2.05 bits per heavy atom. The third kappa shape index (κ3) is 3.31. The minimum atomic E-state index is -0.0820. The fraction of sp³-hybridized carbons (Fsp3) is 0.562. The van der Waals surface area contributed by atoms with E-state index in [1.165, 1.54) is 11.3 Å². The van der Waals surface area contributed by atoms with Crippen LogP contribution in [0.2, 0.25) is 0 Å². The van der Waals surface area contributed by atoms with E-state index >= 15 is 0 Å². The van der Waals surface area contributed by atoms with Gasteiger partial charge in [0.25, 0.3) is 0 Å². The maximum Gasteiger partial charge on any atom is 0.310 e. The predicted octanol–water partition coefficient (Wildman–Crippen LogP) is 2.01. The van der Waals surface area contributed by atoms with Crippen molar-refractivity contribution in [3.8, 4) is 0 Å². The van der Waals surface area contributed by atoms with Crippen molar-refractivity contribution in [1.82, 2.24) is 5.32 Å². The van der Waals surface area contributed by atoms with Crippen LogP contribution in [0, 0.1) is 5.92 Å². The number of anilines is 1. The summed E-state index contributed by atoms with van der Waals surface area (Å²) in [6, 6.07) is 8.49. The predicted molar refractivity (Wildman–Crippen MR) is 81.1 cm³/mol. The van der Waals surface area contributed by atoms with Gasteiger partial charge in [0.05, 0.1) is 12.5 Å². The smallest absolute Gasteiger partial charge is 0.310 e. The molecule has 1 fully saturated rings. The van der Waals surface area contributed by atoms with Crippen LogP contribution in [0.3, 0.4) is 0 Å². The lowest BCUT2D eigenvalue weighted by molar-refractivity contribution is -0.149. The molecular weight excluding hydrogens is 252 g/mol. The Bertz CT molecular complexity index is 442. The number of carbonyl (C=O) groups excluding carboxylic acids is 1. The van der Waals surface area contributed by atoms with E-state index in [9.17, 15) is 4.79 Å². The van der Waals surface area contributed by atoms with Crippen molar-refractivity contribution in [3.63, 3.8) is 0 Å². The Morgan fingerprint density at radius 3 is 2.65 bits per heavy atom. The summed E-state index contributed by atoms with van der Waals surface area (Å²) in [6.45, 7) is 3.96. The van der Waals surface area contributed by atoms with E-state index in [0.29, 0.717) is 13.2 Å². The van der Waals surface area contributed by atoms with Crippen LogP contribution in [0.4, 0.5) is 5.69 Å². The number of hydrogen-bond acceptors (Lipinski definition) is 4. The zero-order chi connectivity index (χ0) is 14.5. The lowest BCUT2D eigenvalue weighted by Crippen LogP contribution is -2.40. The number of piperidine rings is 1. The largest absolute Gasteiger partial charge is 0.466 e. The molecule has 0 saturated carbocycles. The summed E-state index contributed by atoms with van der Waals surface area (Å²) in [5.41, 5.74) is 2.41. The van der Waals surface area contributed by atoms with Gasteiger partial charge in [0, 0.05) is 26.3 Å². The summed E-state index contributed by atoms with van der Waals surface area (Å²) in [6.07, 6.45) is 0.977. The Morgan fingerprint density at radius 1 is 1.35 bits per heavy atom. The molecule has 1 saturated heterocycles. The first-order valence-corrected chi connectivity index (χ1v) is 7.28. The first-order chi connectivity index (χ1) is 9.63. The van der Waals surface area contributed by atoms with Crippen LogP contribution in [0.1, 0.15) is 24.8 Å². The van der Waals surface area contributed by atoms with E-state index in [-0.39, 0.29) is 17.8 Å². The zero-order valence-electron chi connectivity index (χ0n) is 12.6. The van der Waals surface area contributed by atoms with Crippen LogP contribution < -0.4 is 10.2 Å². The number of carbonyl (C=O) groups is 1. The van der Waals surface area contributed by atoms with E-state index < -0.39 is 0 Å². The van der Waals surface area contributed by atoms with Crippen molar-refractivity contribution < 1.29 is 9.53 Å². The average Bonchev–Trinajstić information content (AvgIpc) is 2.47. The molecule has 4 nitrogen and oxygen atoms in total. The Labute approximate surface area is 121 Å². The summed E-state index contributed by atoms with van der Waals surface area (Å²) in [4.78, 5) is 14.2. The van der Waals surface area contributed by atoms with Crippen LogP contribution in [0.5, 0.6) is 0 Å². The van der Waals surface area contributed by atoms with Crippen molar-refractivity contribution in [1.29, 1.82) is 0 Å². The summed E-state index contributed by atoms with van der Waals surface area (Å²) < 4.78 is 5.21. The molecule has 0 radical (unpaired) electrons. The van der Waals surface area contributed by atoms with Crippen molar-refractivity contribution in [2.24, 2.45) is 5.92 Å². The fourth-order valence-electron chi connectivity index (χ4n) is 2.77. The molecule has 0 bridgehead atoms. The molecule has 0 amide bonds. The Kier molecular flexibility index (Phi) is 5.01. The van der Waals surface area contributed by atoms with Gasteiger partial charge in [0.1, 0.15) is 0 Å². The molecule has 1 aromatic carbocycles. The lowest BCUT2D eigenvalue weighted by atomic mass is 9.81. The second-order valence-corrected chi connectivity index (χ2v) is 5.44. The molecule has 20 heavy (non-hydrogen) atoms. The number of rotatable bonds is 4. The third-order valence-corrected chi connectivity index (χ3v) is 3.91. The minimum Gasteiger partial charge on any atom is -0.466 e. The number of ether oxygens (including phenoxy) is 1. The molecule has 1 aromatic rings. The SMILES string of the molecule is CCOC(=O)[C@@H]1CNCC[C@@H]1c1ccc(N(C)C)cc1. The fourth-order valence-corrected chi connectivity index (χ4v) is 2.77. The molecule has 4 heteroatoms. The monoisotopic (exact) mass is 276 g/mol. The second-order valence-electron chi connectivity index (χ2n) is 5.44. The lowest BCUT2D eigenvalue weighted by Gasteiger charge is -2.31. The number of benzene rings is 1. The van der Waals surface area contributed by atoms with Crippen LogP contribution in [0.15, 0.2) is 24.3 Å². The maximum absolute atomic E-state index is 12.1. The number of hydrogen-bond donors (Lipinski definition) is 1. The van der Waals surface area contributed by atoms with Gasteiger partial charge in [-0.3, -0.25) is 4.79 Å². The first-order valence-electron chi connectivity index (χ1n) is 7.28. The van der Waals surface area contributed by atoms with Gasteiger partial charge in [0.2, 0.25) is 0 Å². The summed E-state index contributed by atoms with van der Waals surface area (Å²) in [5, 5.41) is 3.29. The molecular formula is C16H24N2O2. The van der Waals surface area contributed by atoms with Gasteiger partial charge in [0.15, 0.2) is 0 Å². The first kappa shape index (κ1) is 14.9. The quantitative estimate of drug-likeness (QED) is 0.854. The highest BCUT2D eigenvalue weighted by atomic mass is 16.5.